The van der Waals surface area contributed by atoms with E-state index in [1.807, 2.05) is 37.3 Å². The highest BCUT2D eigenvalue weighted by Gasteiger charge is 2.14. The fourth-order valence-corrected chi connectivity index (χ4v) is 2.86. The molecule has 150 valence electrons. The molecule has 5 nitrogen and oxygen atoms in total. The van der Waals surface area contributed by atoms with Crippen LogP contribution in [0.4, 0.5) is 22.7 Å². The topological polar surface area (TPSA) is 51.8 Å². The smallest absolute Gasteiger partial charge is 0.134 e. The van der Waals surface area contributed by atoms with Gasteiger partial charge >= 0.3 is 0 Å². The molecule has 0 unspecified atom stereocenters. The molecule has 28 heavy (non-hydrogen) atoms. The molecule has 0 amide bonds. The second kappa shape index (κ2) is 10.4. The van der Waals surface area contributed by atoms with Crippen LogP contribution in [0.3, 0.4) is 0 Å². The normalized spacial score (nSPS) is 11.2. The highest BCUT2D eigenvalue weighted by molar-refractivity contribution is 6.33. The third-order valence-corrected chi connectivity index (χ3v) is 4.71. The van der Waals surface area contributed by atoms with E-state index in [1.165, 1.54) is 0 Å². The molecule has 0 fully saturated rings. The summed E-state index contributed by atoms with van der Waals surface area (Å²) in [5.74, 6) is 0. The first-order valence-corrected chi connectivity index (χ1v) is 9.40. The van der Waals surface area contributed by atoms with Gasteiger partial charge in [0.25, 0.3) is 0 Å². The molecule has 0 radical (unpaired) electrons. The van der Waals surface area contributed by atoms with Crippen molar-refractivity contribution in [2.75, 3.05) is 39.1 Å². The van der Waals surface area contributed by atoms with Crippen LogP contribution < -0.4 is 21.8 Å². The van der Waals surface area contributed by atoms with Crippen LogP contribution in [0.15, 0.2) is 46.6 Å². The molecule has 2 aromatic carbocycles. The Balaban J connectivity index is 0.00000392. The van der Waals surface area contributed by atoms with Crippen LogP contribution in [0.25, 0.3) is 0 Å². The summed E-state index contributed by atoms with van der Waals surface area (Å²) in [7, 11) is 6.29. The number of aryl methyl sites for hydroxylation is 1. The zero-order chi connectivity index (χ0) is 20.0. The number of nitriles is 1. The zero-order valence-electron chi connectivity index (χ0n) is 17.1. The van der Waals surface area contributed by atoms with Crippen molar-refractivity contribution in [3.8, 4) is 6.07 Å². The first-order valence-electron chi connectivity index (χ1n) is 9.02. The fraction of sp³-hybridized carbons (Fsp3) is 0.381. The predicted molar refractivity (Wildman–Crippen MR) is 114 cm³/mol. The fourth-order valence-electron chi connectivity index (χ4n) is 2.71. The SMILES string of the molecule is CCN(CCC#N)c1ccc(N=Nc2cc([N+](C)(C)C)ccc2Cl)c(C)c1.[Cl-]. The van der Waals surface area contributed by atoms with Crippen molar-refractivity contribution in [3.05, 3.63) is 47.0 Å². The maximum absolute atomic E-state index is 8.81. The minimum Gasteiger partial charge on any atom is -1.00 e. The van der Waals surface area contributed by atoms with Crippen LogP contribution >= 0.6 is 11.6 Å². The minimum absolute atomic E-state index is 0. The van der Waals surface area contributed by atoms with Gasteiger partial charge in [-0.05, 0) is 43.7 Å². The van der Waals surface area contributed by atoms with Crippen LogP contribution in [0.2, 0.25) is 5.02 Å². The van der Waals surface area contributed by atoms with Crippen LogP contribution in [0.5, 0.6) is 0 Å². The predicted octanol–water partition coefficient (Wildman–Crippen LogP) is 3.00. The average molecular weight is 420 g/mol. The lowest BCUT2D eigenvalue weighted by atomic mass is 10.1. The van der Waals surface area contributed by atoms with Crippen molar-refractivity contribution >= 4 is 34.4 Å². The number of hydrogen-bond acceptors (Lipinski definition) is 4. The van der Waals surface area contributed by atoms with Crippen LogP contribution in [0, 0.1) is 18.3 Å². The van der Waals surface area contributed by atoms with Gasteiger partial charge in [0.1, 0.15) is 11.4 Å². The summed E-state index contributed by atoms with van der Waals surface area (Å²) >= 11 is 6.29. The van der Waals surface area contributed by atoms with Crippen molar-refractivity contribution < 1.29 is 12.4 Å². The molecule has 0 heterocycles. The number of rotatable bonds is 7. The molecule has 0 saturated heterocycles. The molecule has 0 atom stereocenters. The largest absolute Gasteiger partial charge is 1.00 e. The van der Waals surface area contributed by atoms with Crippen LogP contribution in [-0.2, 0) is 0 Å². The van der Waals surface area contributed by atoms with Gasteiger partial charge in [0.05, 0.1) is 44.3 Å². The van der Waals surface area contributed by atoms with E-state index >= 15 is 0 Å². The Kier molecular flexibility index (Phi) is 8.90. The number of benzene rings is 2. The molecular weight excluding hydrogens is 393 g/mol. The van der Waals surface area contributed by atoms with Crippen molar-refractivity contribution in [2.45, 2.75) is 20.3 Å². The molecule has 0 saturated carbocycles. The lowest BCUT2D eigenvalue weighted by Gasteiger charge is -2.23. The second-order valence-electron chi connectivity index (χ2n) is 7.31. The molecule has 2 rings (SSSR count). The Hall–Kier alpha value is -2.13. The summed E-state index contributed by atoms with van der Waals surface area (Å²) in [4.78, 5) is 2.18. The number of nitrogens with zero attached hydrogens (tertiary/aromatic N) is 5. The number of azo groups is 1. The van der Waals surface area contributed by atoms with E-state index in [2.05, 4.69) is 55.3 Å². The van der Waals surface area contributed by atoms with Gasteiger partial charge in [0, 0.05) is 30.9 Å². The molecule has 0 N–H and O–H groups in total. The molecule has 0 aromatic heterocycles. The zero-order valence-corrected chi connectivity index (χ0v) is 18.6. The lowest BCUT2D eigenvalue weighted by Crippen LogP contribution is -3.00. The summed E-state index contributed by atoms with van der Waals surface area (Å²) in [5, 5.41) is 18.2. The maximum Gasteiger partial charge on any atom is 0.134 e. The van der Waals surface area contributed by atoms with Crippen LogP contribution in [0.1, 0.15) is 18.9 Å². The first-order chi connectivity index (χ1) is 12.8. The Morgan fingerprint density at radius 3 is 2.32 bits per heavy atom. The Morgan fingerprint density at radius 2 is 1.75 bits per heavy atom. The Bertz CT molecular complexity index is 866. The van der Waals surface area contributed by atoms with Gasteiger partial charge < -0.3 is 17.3 Å². The second-order valence-corrected chi connectivity index (χ2v) is 7.71. The standard InChI is InChI=1S/C21H27ClN5.ClH/c1-6-26(13-7-12-23)17-8-11-20(16(2)14-17)24-25-21-15-18(27(3,4)5)9-10-19(21)22;/h8-11,14-15H,6-7,13H2,1-5H3;1H/q+1;/p-1. The summed E-state index contributed by atoms with van der Waals surface area (Å²) in [5.41, 5.74) is 4.70. The molecular formula is C21H27Cl2N5. The minimum atomic E-state index is 0. The van der Waals surface area contributed by atoms with Crippen molar-refractivity contribution in [1.82, 2.24) is 4.48 Å². The molecule has 7 heteroatoms. The highest BCUT2D eigenvalue weighted by Crippen LogP contribution is 2.33. The van der Waals surface area contributed by atoms with Crippen molar-refractivity contribution in [1.29, 1.82) is 5.26 Å². The molecule has 0 aliphatic heterocycles. The number of anilines is 1. The average Bonchev–Trinajstić information content (AvgIpc) is 2.62. The van der Waals surface area contributed by atoms with Crippen molar-refractivity contribution in [2.24, 2.45) is 10.2 Å². The summed E-state index contributed by atoms with van der Waals surface area (Å²) in [6, 6.07) is 14.1. The molecule has 0 aliphatic carbocycles. The maximum atomic E-state index is 8.81. The van der Waals surface area contributed by atoms with Gasteiger partial charge in [-0.25, -0.2) is 0 Å². The van der Waals surface area contributed by atoms with E-state index in [9.17, 15) is 0 Å². The summed E-state index contributed by atoms with van der Waals surface area (Å²) < 4.78 is 0.683. The van der Waals surface area contributed by atoms with E-state index in [0.29, 0.717) is 21.6 Å². The third-order valence-electron chi connectivity index (χ3n) is 4.39. The van der Waals surface area contributed by atoms with Gasteiger partial charge in [-0.2, -0.15) is 10.4 Å². The monoisotopic (exact) mass is 419 g/mol. The van der Waals surface area contributed by atoms with Gasteiger partial charge in [-0.3, -0.25) is 4.48 Å². The van der Waals surface area contributed by atoms with E-state index in [-0.39, 0.29) is 12.4 Å². The van der Waals surface area contributed by atoms with Crippen LogP contribution in [-0.4, -0.2) is 34.2 Å². The molecule has 2 aromatic rings. The quantitative estimate of drug-likeness (QED) is 0.511. The van der Waals surface area contributed by atoms with Crippen molar-refractivity contribution in [3.63, 3.8) is 0 Å². The van der Waals surface area contributed by atoms with E-state index in [1.54, 1.807) is 0 Å². The van der Waals surface area contributed by atoms with E-state index in [4.69, 9.17) is 16.9 Å². The molecule has 0 spiro atoms. The van der Waals surface area contributed by atoms with Gasteiger partial charge in [0.2, 0.25) is 0 Å². The van der Waals surface area contributed by atoms with E-state index < -0.39 is 0 Å². The molecule has 0 bridgehead atoms. The van der Waals surface area contributed by atoms with E-state index in [0.717, 1.165) is 35.7 Å². The van der Waals surface area contributed by atoms with Gasteiger partial charge in [-0.1, -0.05) is 11.6 Å². The number of halogens is 2. The van der Waals surface area contributed by atoms with Gasteiger partial charge in [-0.15, -0.1) is 5.11 Å². The number of quaternary nitrogens is 1. The molecule has 0 aliphatic rings. The Labute approximate surface area is 179 Å². The highest BCUT2D eigenvalue weighted by atomic mass is 35.5. The first kappa shape index (κ1) is 23.9. The summed E-state index contributed by atoms with van der Waals surface area (Å²) in [6.07, 6.45) is 0.509. The Morgan fingerprint density at radius 1 is 1.07 bits per heavy atom. The summed E-state index contributed by atoms with van der Waals surface area (Å²) in [6.45, 7) is 5.68. The van der Waals surface area contributed by atoms with Gasteiger partial charge in [0.15, 0.2) is 0 Å². The third kappa shape index (κ3) is 6.20. The lowest BCUT2D eigenvalue weighted by molar-refractivity contribution is -0.00000610. The number of hydrogen-bond donors (Lipinski definition) is 0.